The van der Waals surface area contributed by atoms with Crippen LogP contribution >= 0.6 is 0 Å². The van der Waals surface area contributed by atoms with Crippen molar-refractivity contribution in [1.82, 2.24) is 9.97 Å². The highest BCUT2D eigenvalue weighted by Crippen LogP contribution is 1.98. The Bertz CT molecular complexity index is 310. The molecule has 64 valence electrons. The SMILES string of the molecule is CS(=O)c1nccc(C(=O)O)n1. The van der Waals surface area contributed by atoms with Gasteiger partial charge in [-0.3, -0.25) is 4.21 Å². The fourth-order valence-electron chi connectivity index (χ4n) is 0.598. The standard InChI is InChI=1S/C6H6N2O3S/c1-12(11)6-7-3-2-4(8-6)5(9)10/h2-3H,1H3,(H,9,10). The van der Waals surface area contributed by atoms with Crippen molar-refractivity contribution in [2.24, 2.45) is 0 Å². The molecule has 6 heteroatoms. The summed E-state index contributed by atoms with van der Waals surface area (Å²) in [6.45, 7) is 0. The van der Waals surface area contributed by atoms with Crippen LogP contribution in [0.4, 0.5) is 0 Å². The summed E-state index contributed by atoms with van der Waals surface area (Å²) >= 11 is 0. The number of carboxylic acid groups (broad SMARTS) is 1. The minimum absolute atomic E-state index is 0.0369. The van der Waals surface area contributed by atoms with E-state index in [0.717, 1.165) is 0 Å². The van der Waals surface area contributed by atoms with Crippen molar-refractivity contribution >= 4 is 16.8 Å². The number of nitrogens with zero attached hydrogens (tertiary/aromatic N) is 2. The zero-order chi connectivity index (χ0) is 9.14. The van der Waals surface area contributed by atoms with Gasteiger partial charge in [0.05, 0.1) is 10.8 Å². The molecule has 1 unspecified atom stereocenters. The van der Waals surface area contributed by atoms with Gasteiger partial charge in [-0.1, -0.05) is 0 Å². The second-order valence-electron chi connectivity index (χ2n) is 1.98. The lowest BCUT2D eigenvalue weighted by Crippen LogP contribution is -2.05. The third kappa shape index (κ3) is 1.85. The van der Waals surface area contributed by atoms with Crippen molar-refractivity contribution in [2.75, 3.05) is 6.26 Å². The Morgan fingerprint density at radius 1 is 1.67 bits per heavy atom. The van der Waals surface area contributed by atoms with E-state index in [1.165, 1.54) is 18.5 Å². The van der Waals surface area contributed by atoms with E-state index in [2.05, 4.69) is 9.97 Å². The van der Waals surface area contributed by atoms with Crippen LogP contribution in [0.3, 0.4) is 0 Å². The summed E-state index contributed by atoms with van der Waals surface area (Å²) < 4.78 is 10.8. The molecule has 0 saturated carbocycles. The third-order valence-corrected chi connectivity index (χ3v) is 1.82. The largest absolute Gasteiger partial charge is 0.477 e. The second kappa shape index (κ2) is 3.40. The fraction of sp³-hybridized carbons (Fsp3) is 0.167. The number of aromatic nitrogens is 2. The number of hydrogen-bond donors (Lipinski definition) is 1. The molecule has 0 aliphatic carbocycles. The van der Waals surface area contributed by atoms with Gasteiger partial charge in [0.1, 0.15) is 0 Å². The lowest BCUT2D eigenvalue weighted by atomic mass is 10.4. The molecular weight excluding hydrogens is 180 g/mol. The van der Waals surface area contributed by atoms with Crippen LogP contribution in [-0.4, -0.2) is 31.5 Å². The maximum absolute atomic E-state index is 10.8. The first-order chi connectivity index (χ1) is 5.61. The predicted octanol–water partition coefficient (Wildman–Crippen LogP) is -0.0878. The van der Waals surface area contributed by atoms with E-state index in [9.17, 15) is 9.00 Å². The number of aromatic carboxylic acids is 1. The van der Waals surface area contributed by atoms with Crippen molar-refractivity contribution in [3.63, 3.8) is 0 Å². The van der Waals surface area contributed by atoms with Gasteiger partial charge in [0.2, 0.25) is 5.16 Å². The van der Waals surface area contributed by atoms with Gasteiger partial charge in [-0.2, -0.15) is 0 Å². The van der Waals surface area contributed by atoms with Crippen molar-refractivity contribution in [1.29, 1.82) is 0 Å². The first kappa shape index (κ1) is 8.79. The summed E-state index contributed by atoms with van der Waals surface area (Å²) in [6, 6.07) is 1.25. The summed E-state index contributed by atoms with van der Waals surface area (Å²) in [5.41, 5.74) is -0.143. The monoisotopic (exact) mass is 186 g/mol. The average Bonchev–Trinajstić information content (AvgIpc) is 2.04. The number of carbonyl (C=O) groups is 1. The number of carboxylic acids is 1. The van der Waals surface area contributed by atoms with Crippen molar-refractivity contribution in [3.05, 3.63) is 18.0 Å². The molecule has 0 spiro atoms. The van der Waals surface area contributed by atoms with Gasteiger partial charge in [-0.05, 0) is 6.07 Å². The zero-order valence-corrected chi connectivity index (χ0v) is 7.04. The smallest absolute Gasteiger partial charge is 0.354 e. The van der Waals surface area contributed by atoms with Crippen molar-refractivity contribution in [3.8, 4) is 0 Å². The highest BCUT2D eigenvalue weighted by Gasteiger charge is 2.07. The molecule has 0 saturated heterocycles. The number of rotatable bonds is 2. The summed E-state index contributed by atoms with van der Waals surface area (Å²) in [5.74, 6) is -1.15. The van der Waals surface area contributed by atoms with E-state index < -0.39 is 16.8 Å². The van der Waals surface area contributed by atoms with Crippen LogP contribution in [-0.2, 0) is 10.8 Å². The summed E-state index contributed by atoms with van der Waals surface area (Å²) in [6.07, 6.45) is 2.66. The molecule has 1 aromatic heterocycles. The zero-order valence-electron chi connectivity index (χ0n) is 6.22. The topological polar surface area (TPSA) is 80.2 Å². The predicted molar refractivity (Wildman–Crippen MR) is 41.3 cm³/mol. The Morgan fingerprint density at radius 3 is 2.83 bits per heavy atom. The Labute approximate surface area is 70.9 Å². The molecule has 0 aliphatic heterocycles. The van der Waals surface area contributed by atoms with Gasteiger partial charge in [0, 0.05) is 12.5 Å². The molecule has 5 nitrogen and oxygen atoms in total. The van der Waals surface area contributed by atoms with E-state index in [0.29, 0.717) is 0 Å². The molecule has 12 heavy (non-hydrogen) atoms. The Balaban J connectivity index is 3.12. The van der Waals surface area contributed by atoms with E-state index in [4.69, 9.17) is 5.11 Å². The molecule has 1 N–H and O–H groups in total. The van der Waals surface area contributed by atoms with E-state index in [1.807, 2.05) is 0 Å². The summed E-state index contributed by atoms with van der Waals surface area (Å²) in [5, 5.41) is 8.54. The minimum Gasteiger partial charge on any atom is -0.477 e. The maximum Gasteiger partial charge on any atom is 0.354 e. The Kier molecular flexibility index (Phi) is 2.49. The molecule has 0 aromatic carbocycles. The van der Waals surface area contributed by atoms with E-state index >= 15 is 0 Å². The van der Waals surface area contributed by atoms with Gasteiger partial charge in [-0.25, -0.2) is 14.8 Å². The highest BCUT2D eigenvalue weighted by molar-refractivity contribution is 7.84. The van der Waals surface area contributed by atoms with Crippen molar-refractivity contribution in [2.45, 2.75) is 5.16 Å². The molecule has 1 heterocycles. The van der Waals surface area contributed by atoms with Gasteiger partial charge in [0.25, 0.3) is 0 Å². The average molecular weight is 186 g/mol. The van der Waals surface area contributed by atoms with E-state index in [1.54, 1.807) is 0 Å². The lowest BCUT2D eigenvalue weighted by Gasteiger charge is -1.95. The van der Waals surface area contributed by atoms with E-state index in [-0.39, 0.29) is 10.9 Å². The summed E-state index contributed by atoms with van der Waals surface area (Å²) in [4.78, 5) is 17.6. The van der Waals surface area contributed by atoms with Crippen LogP contribution in [0.25, 0.3) is 0 Å². The molecule has 0 fully saturated rings. The van der Waals surface area contributed by atoms with Crippen molar-refractivity contribution < 1.29 is 14.1 Å². The van der Waals surface area contributed by atoms with Crippen LogP contribution in [0.1, 0.15) is 10.5 Å². The van der Waals surface area contributed by atoms with Crippen LogP contribution in [0.2, 0.25) is 0 Å². The lowest BCUT2D eigenvalue weighted by molar-refractivity contribution is 0.0689. The second-order valence-corrected chi connectivity index (χ2v) is 3.26. The first-order valence-corrected chi connectivity index (χ1v) is 4.57. The molecular formula is C6H6N2O3S. The van der Waals surface area contributed by atoms with Crippen LogP contribution in [0.5, 0.6) is 0 Å². The third-order valence-electron chi connectivity index (χ3n) is 1.11. The molecule has 0 aliphatic rings. The molecule has 1 aromatic rings. The molecule has 1 rings (SSSR count). The quantitative estimate of drug-likeness (QED) is 0.653. The van der Waals surface area contributed by atoms with Crippen LogP contribution in [0, 0.1) is 0 Å². The minimum atomic E-state index is -1.34. The molecule has 0 amide bonds. The Hall–Kier alpha value is -1.30. The Morgan fingerprint density at radius 2 is 2.33 bits per heavy atom. The van der Waals surface area contributed by atoms with Gasteiger partial charge in [-0.15, -0.1) is 0 Å². The fourth-order valence-corrected chi connectivity index (χ4v) is 1.03. The molecule has 1 atom stereocenters. The van der Waals surface area contributed by atoms with Crippen LogP contribution < -0.4 is 0 Å². The molecule has 0 radical (unpaired) electrons. The number of hydrogen-bond acceptors (Lipinski definition) is 4. The summed E-state index contributed by atoms with van der Waals surface area (Å²) in [7, 11) is -1.34. The van der Waals surface area contributed by atoms with Gasteiger partial charge >= 0.3 is 5.97 Å². The van der Waals surface area contributed by atoms with Crippen LogP contribution in [0.15, 0.2) is 17.4 Å². The normalized spacial score (nSPS) is 12.4. The molecule has 0 bridgehead atoms. The maximum atomic E-state index is 10.8. The van der Waals surface area contributed by atoms with Gasteiger partial charge in [0.15, 0.2) is 5.69 Å². The highest BCUT2D eigenvalue weighted by atomic mass is 32.2. The first-order valence-electron chi connectivity index (χ1n) is 3.01. The van der Waals surface area contributed by atoms with Gasteiger partial charge < -0.3 is 5.11 Å².